The third-order valence-electron chi connectivity index (χ3n) is 5.21. The Hall–Kier alpha value is -0.200. The number of hydrogen-bond donors (Lipinski definition) is 0. The lowest BCUT2D eigenvalue weighted by Gasteiger charge is -2.44. The molecule has 3 rings (SSSR count). The molecule has 0 aromatic carbocycles. The maximum absolute atomic E-state index is 6.18. The van der Waals surface area contributed by atoms with Crippen LogP contribution in [0.5, 0.6) is 0 Å². The molecule has 0 radical (unpaired) electrons. The topological polar surface area (TPSA) is 40.2 Å². The second-order valence-corrected chi connectivity index (χ2v) is 8.46. The molecule has 5 heteroatoms. The lowest BCUT2D eigenvalue weighted by Crippen LogP contribution is -2.57. The summed E-state index contributed by atoms with van der Waals surface area (Å²) in [7, 11) is 0. The Morgan fingerprint density at radius 2 is 1.58 bits per heavy atom. The first-order valence-corrected chi connectivity index (χ1v) is 9.82. The summed E-state index contributed by atoms with van der Waals surface area (Å²) in [6, 6.07) is 0. The first-order valence-electron chi connectivity index (χ1n) is 9.82. The molecule has 0 amide bonds. The van der Waals surface area contributed by atoms with Crippen molar-refractivity contribution >= 4 is 0 Å². The van der Waals surface area contributed by atoms with Crippen molar-refractivity contribution < 1.29 is 18.9 Å². The summed E-state index contributed by atoms with van der Waals surface area (Å²) in [5, 5.41) is 0. The van der Waals surface area contributed by atoms with Crippen LogP contribution in [0.2, 0.25) is 0 Å². The molecule has 2 heterocycles. The van der Waals surface area contributed by atoms with E-state index < -0.39 is 6.10 Å². The predicted octanol–water partition coefficient (Wildman–Crippen LogP) is 3.52. The Morgan fingerprint density at radius 1 is 0.958 bits per heavy atom. The van der Waals surface area contributed by atoms with E-state index in [1.54, 1.807) is 0 Å². The van der Waals surface area contributed by atoms with E-state index in [0.29, 0.717) is 25.2 Å². The molecule has 2 saturated heterocycles. The van der Waals surface area contributed by atoms with Gasteiger partial charge in [0.2, 0.25) is 0 Å². The number of hydrogen-bond acceptors (Lipinski definition) is 5. The van der Waals surface area contributed by atoms with E-state index in [-0.39, 0.29) is 5.60 Å². The quantitative estimate of drug-likeness (QED) is 0.765. The van der Waals surface area contributed by atoms with Gasteiger partial charge >= 0.3 is 6.10 Å². The van der Waals surface area contributed by atoms with Crippen molar-refractivity contribution in [3.05, 3.63) is 0 Å². The van der Waals surface area contributed by atoms with Gasteiger partial charge in [0.05, 0.1) is 24.9 Å². The molecule has 0 spiro atoms. The van der Waals surface area contributed by atoms with E-state index in [0.717, 1.165) is 32.5 Å². The maximum atomic E-state index is 6.18. The lowest BCUT2D eigenvalue weighted by molar-refractivity contribution is -0.432. The highest BCUT2D eigenvalue weighted by Crippen LogP contribution is 2.34. The van der Waals surface area contributed by atoms with Gasteiger partial charge in [-0.25, -0.2) is 4.90 Å². The molecule has 0 aromatic heterocycles. The van der Waals surface area contributed by atoms with Crippen molar-refractivity contribution in [1.29, 1.82) is 0 Å². The van der Waals surface area contributed by atoms with Gasteiger partial charge in [0, 0.05) is 19.7 Å². The molecule has 1 aliphatic carbocycles. The predicted molar refractivity (Wildman–Crippen MR) is 92.6 cm³/mol. The first kappa shape index (κ1) is 18.6. The van der Waals surface area contributed by atoms with Crippen molar-refractivity contribution in [2.45, 2.75) is 83.5 Å². The van der Waals surface area contributed by atoms with E-state index in [1.807, 2.05) is 20.8 Å². The van der Waals surface area contributed by atoms with Crippen LogP contribution in [0.4, 0.5) is 0 Å². The SMILES string of the molecule is CC(C)(C)OC1(N2CCC(COC3CCCCC3)CC2)OCCO1. The van der Waals surface area contributed by atoms with Crippen molar-refractivity contribution in [3.8, 4) is 0 Å². The van der Waals surface area contributed by atoms with Crippen molar-refractivity contribution in [2.75, 3.05) is 32.9 Å². The number of ether oxygens (including phenoxy) is 4. The monoisotopic (exact) mass is 341 g/mol. The van der Waals surface area contributed by atoms with Crippen LogP contribution >= 0.6 is 0 Å². The molecule has 0 aromatic rings. The zero-order chi connectivity index (χ0) is 17.0. The smallest absolute Gasteiger partial charge is 0.354 e. The van der Waals surface area contributed by atoms with Gasteiger partial charge < -0.3 is 18.9 Å². The van der Waals surface area contributed by atoms with Gasteiger partial charge in [0.15, 0.2) is 0 Å². The third-order valence-corrected chi connectivity index (χ3v) is 5.21. The van der Waals surface area contributed by atoms with Gasteiger partial charge in [-0.1, -0.05) is 19.3 Å². The fourth-order valence-corrected chi connectivity index (χ4v) is 3.95. The van der Waals surface area contributed by atoms with E-state index in [4.69, 9.17) is 18.9 Å². The molecule has 0 bridgehead atoms. The van der Waals surface area contributed by atoms with Crippen LogP contribution in [-0.4, -0.2) is 55.6 Å². The molecule has 0 N–H and O–H groups in total. The molecule has 0 unspecified atom stereocenters. The van der Waals surface area contributed by atoms with Crippen molar-refractivity contribution in [2.24, 2.45) is 5.92 Å². The average molecular weight is 341 g/mol. The molecular weight excluding hydrogens is 306 g/mol. The highest BCUT2D eigenvalue weighted by molar-refractivity contribution is 4.79. The van der Waals surface area contributed by atoms with Gasteiger partial charge in [0.1, 0.15) is 0 Å². The zero-order valence-corrected chi connectivity index (χ0v) is 15.7. The van der Waals surface area contributed by atoms with Gasteiger partial charge in [0.25, 0.3) is 0 Å². The Kier molecular flexibility index (Phi) is 6.20. The second-order valence-electron chi connectivity index (χ2n) is 8.46. The summed E-state index contributed by atoms with van der Waals surface area (Å²) in [4.78, 5) is 2.22. The van der Waals surface area contributed by atoms with Crippen LogP contribution in [0.3, 0.4) is 0 Å². The number of nitrogens with zero attached hydrogens (tertiary/aromatic N) is 1. The Balaban J connectivity index is 1.46. The van der Waals surface area contributed by atoms with E-state index >= 15 is 0 Å². The molecule has 5 nitrogen and oxygen atoms in total. The van der Waals surface area contributed by atoms with Gasteiger partial charge in [-0.3, -0.25) is 0 Å². The van der Waals surface area contributed by atoms with Crippen LogP contribution in [0.15, 0.2) is 0 Å². The summed E-state index contributed by atoms with van der Waals surface area (Å²) >= 11 is 0. The highest BCUT2D eigenvalue weighted by atomic mass is 16.9. The molecule has 2 aliphatic heterocycles. The van der Waals surface area contributed by atoms with Gasteiger partial charge in [-0.15, -0.1) is 0 Å². The molecule has 140 valence electrons. The van der Waals surface area contributed by atoms with E-state index in [2.05, 4.69) is 4.90 Å². The van der Waals surface area contributed by atoms with Crippen LogP contribution in [-0.2, 0) is 18.9 Å². The maximum Gasteiger partial charge on any atom is 0.354 e. The third kappa shape index (κ3) is 4.92. The fraction of sp³-hybridized carbons (Fsp3) is 1.00. The Labute approximate surface area is 147 Å². The summed E-state index contributed by atoms with van der Waals surface area (Å²) < 4.78 is 24.1. The van der Waals surface area contributed by atoms with Crippen molar-refractivity contribution in [3.63, 3.8) is 0 Å². The molecule has 3 aliphatic rings. The largest absolute Gasteiger partial charge is 0.378 e. The number of likely N-dealkylation sites (tertiary alicyclic amines) is 1. The number of piperidine rings is 1. The second kappa shape index (κ2) is 8.00. The normalized spacial score (nSPS) is 27.6. The Morgan fingerprint density at radius 3 is 2.17 bits per heavy atom. The minimum Gasteiger partial charge on any atom is -0.378 e. The Bertz CT molecular complexity index is 375. The first-order chi connectivity index (χ1) is 11.5. The van der Waals surface area contributed by atoms with Crippen LogP contribution < -0.4 is 0 Å². The van der Waals surface area contributed by atoms with Crippen LogP contribution in [0.25, 0.3) is 0 Å². The van der Waals surface area contributed by atoms with Gasteiger partial charge in [-0.05, 0) is 52.4 Å². The molecule has 3 fully saturated rings. The highest BCUT2D eigenvalue weighted by Gasteiger charge is 2.48. The molecule has 0 atom stereocenters. The minimum absolute atomic E-state index is 0.300. The summed E-state index contributed by atoms with van der Waals surface area (Å²) in [6.45, 7) is 10.1. The summed E-state index contributed by atoms with van der Waals surface area (Å²) in [5.74, 6) is 0.649. The molecule has 24 heavy (non-hydrogen) atoms. The minimum atomic E-state index is -0.979. The van der Waals surface area contributed by atoms with E-state index in [9.17, 15) is 0 Å². The molecular formula is C19H35NO4. The van der Waals surface area contributed by atoms with Gasteiger partial charge in [-0.2, -0.15) is 0 Å². The van der Waals surface area contributed by atoms with E-state index in [1.165, 1.54) is 32.1 Å². The lowest BCUT2D eigenvalue weighted by atomic mass is 9.96. The molecule has 1 saturated carbocycles. The summed E-state index contributed by atoms with van der Waals surface area (Å²) in [5.41, 5.74) is -0.300. The fourth-order valence-electron chi connectivity index (χ4n) is 3.95. The van der Waals surface area contributed by atoms with Crippen LogP contribution in [0, 0.1) is 5.92 Å². The zero-order valence-electron chi connectivity index (χ0n) is 15.7. The van der Waals surface area contributed by atoms with Crippen molar-refractivity contribution in [1.82, 2.24) is 4.90 Å². The number of rotatable bonds is 5. The summed E-state index contributed by atoms with van der Waals surface area (Å²) in [6.07, 6.45) is 8.33. The van der Waals surface area contributed by atoms with Crippen LogP contribution in [0.1, 0.15) is 65.7 Å². The average Bonchev–Trinajstić information content (AvgIpc) is 3.02. The standard InChI is InChI=1S/C19H35NO4/c1-18(2,3)24-19(22-13-14-23-19)20-11-9-16(10-12-20)15-21-17-7-5-4-6-8-17/h16-17H,4-15H2,1-3H3.